The molecule has 0 saturated carbocycles. The van der Waals surface area contributed by atoms with Crippen LogP contribution in [0.5, 0.6) is 0 Å². The van der Waals surface area contributed by atoms with Crippen molar-refractivity contribution in [1.29, 1.82) is 0 Å². The van der Waals surface area contributed by atoms with Crippen LogP contribution in [0.25, 0.3) is 0 Å². The van der Waals surface area contributed by atoms with E-state index in [0.717, 1.165) is 28.2 Å². The van der Waals surface area contributed by atoms with Crippen LogP contribution in [-0.2, 0) is 4.79 Å². The Morgan fingerprint density at radius 3 is 2.46 bits per heavy atom. The van der Waals surface area contributed by atoms with Crippen molar-refractivity contribution in [2.24, 2.45) is 5.41 Å². The highest BCUT2D eigenvalue weighted by Crippen LogP contribution is 2.47. The Hall–Kier alpha value is -2.33. The summed E-state index contributed by atoms with van der Waals surface area (Å²) in [6, 6.07) is 8.10. The van der Waals surface area contributed by atoms with Crippen molar-refractivity contribution in [2.75, 3.05) is 10.6 Å². The summed E-state index contributed by atoms with van der Waals surface area (Å²) >= 11 is 6.40. The highest BCUT2D eigenvalue weighted by atomic mass is 35.5. The molecule has 0 radical (unpaired) electrons. The number of anilines is 2. The second-order valence-electron chi connectivity index (χ2n) is 8.65. The number of hydrogen-bond donors (Lipinski definition) is 2. The molecule has 5 heteroatoms. The van der Waals surface area contributed by atoms with Crippen molar-refractivity contribution in [2.45, 2.75) is 46.6 Å². The molecule has 0 bridgehead atoms. The molecule has 1 heterocycles. The molecule has 1 aliphatic heterocycles. The molecule has 0 unspecified atom stereocenters. The number of Topliss-reactive ketones (excluding diaryl/α,β-unsaturated/α-hetero) is 1. The first-order chi connectivity index (χ1) is 13.2. The molecule has 28 heavy (non-hydrogen) atoms. The average Bonchev–Trinajstić information content (AvgIpc) is 2.71. The van der Waals surface area contributed by atoms with E-state index in [1.807, 2.05) is 13.0 Å². The van der Waals surface area contributed by atoms with Crippen molar-refractivity contribution < 1.29 is 9.18 Å². The standard InChI is InChI=1S/C23H24ClFN2O/c1-12-8-16-17(9-13(12)2)27-22(20-14(24)6-5-7-15(20)25)21-18(26-16)10-23(3,4)11-19(21)28/h5-9,22,26-27H,10-11H2,1-4H3/t22-/m0/s1. The van der Waals surface area contributed by atoms with E-state index >= 15 is 0 Å². The van der Waals surface area contributed by atoms with Crippen LogP contribution in [0.15, 0.2) is 41.6 Å². The fraction of sp³-hybridized carbons (Fsp3) is 0.348. The third kappa shape index (κ3) is 3.20. The number of rotatable bonds is 1. The molecule has 4 rings (SSSR count). The molecular weight excluding hydrogens is 375 g/mol. The van der Waals surface area contributed by atoms with Crippen LogP contribution in [0.4, 0.5) is 15.8 Å². The van der Waals surface area contributed by atoms with Gasteiger partial charge in [0.05, 0.1) is 17.4 Å². The van der Waals surface area contributed by atoms with E-state index in [1.54, 1.807) is 12.1 Å². The van der Waals surface area contributed by atoms with Crippen molar-refractivity contribution in [1.82, 2.24) is 0 Å². The van der Waals surface area contributed by atoms with Crippen LogP contribution >= 0.6 is 11.6 Å². The number of ketones is 1. The Morgan fingerprint density at radius 2 is 1.79 bits per heavy atom. The number of halogens is 2. The average molecular weight is 399 g/mol. The predicted molar refractivity (Wildman–Crippen MR) is 112 cm³/mol. The maximum absolute atomic E-state index is 14.8. The quantitative estimate of drug-likeness (QED) is 0.590. The van der Waals surface area contributed by atoms with Gasteiger partial charge in [0, 0.05) is 28.3 Å². The molecule has 0 aromatic heterocycles. The van der Waals surface area contributed by atoms with Crippen molar-refractivity contribution in [3.8, 4) is 0 Å². The number of nitrogens with one attached hydrogen (secondary N) is 2. The van der Waals surface area contributed by atoms with Crippen molar-refractivity contribution in [3.63, 3.8) is 0 Å². The van der Waals surface area contributed by atoms with E-state index in [9.17, 15) is 9.18 Å². The van der Waals surface area contributed by atoms with Crippen molar-refractivity contribution >= 4 is 28.8 Å². The molecule has 2 aliphatic rings. The number of fused-ring (bicyclic) bond motifs is 1. The highest BCUT2D eigenvalue weighted by Gasteiger charge is 2.40. The Kier molecular flexibility index (Phi) is 4.50. The third-order valence-electron chi connectivity index (χ3n) is 5.72. The number of allylic oxidation sites excluding steroid dienone is 1. The van der Waals surface area contributed by atoms with Gasteiger partial charge in [0.15, 0.2) is 5.78 Å². The zero-order valence-corrected chi connectivity index (χ0v) is 17.3. The number of benzene rings is 2. The summed E-state index contributed by atoms with van der Waals surface area (Å²) in [7, 11) is 0. The minimum Gasteiger partial charge on any atom is -0.372 e. The fourth-order valence-corrected chi connectivity index (χ4v) is 4.49. The molecule has 0 amide bonds. The molecular formula is C23H24ClFN2O. The predicted octanol–water partition coefficient (Wildman–Crippen LogP) is 6.32. The Morgan fingerprint density at radius 1 is 1.11 bits per heavy atom. The van der Waals surface area contributed by atoms with E-state index in [2.05, 4.69) is 37.5 Å². The van der Waals surface area contributed by atoms with Gasteiger partial charge in [-0.3, -0.25) is 4.79 Å². The monoisotopic (exact) mass is 398 g/mol. The summed E-state index contributed by atoms with van der Waals surface area (Å²) in [6.45, 7) is 8.26. The van der Waals surface area contributed by atoms with Crippen LogP contribution in [0.3, 0.4) is 0 Å². The first-order valence-corrected chi connectivity index (χ1v) is 9.89. The van der Waals surface area contributed by atoms with Gasteiger partial charge in [-0.25, -0.2) is 4.39 Å². The van der Waals surface area contributed by atoms with Crippen LogP contribution in [0.2, 0.25) is 5.02 Å². The molecule has 2 aromatic carbocycles. The second kappa shape index (κ2) is 6.63. The van der Waals surface area contributed by atoms with Gasteiger partial charge in [0.1, 0.15) is 5.82 Å². The van der Waals surface area contributed by atoms with Crippen molar-refractivity contribution in [3.05, 3.63) is 69.1 Å². The van der Waals surface area contributed by atoms with Crippen LogP contribution in [-0.4, -0.2) is 5.78 Å². The Balaban J connectivity index is 1.96. The minimum atomic E-state index is -0.636. The largest absolute Gasteiger partial charge is 0.372 e. The minimum absolute atomic E-state index is 0.0248. The Bertz CT molecular complexity index is 1010. The fourth-order valence-electron chi connectivity index (χ4n) is 4.21. The van der Waals surface area contributed by atoms with Crippen LogP contribution < -0.4 is 10.6 Å². The van der Waals surface area contributed by atoms with E-state index in [-0.39, 0.29) is 11.2 Å². The van der Waals surface area contributed by atoms with Gasteiger partial charge < -0.3 is 10.6 Å². The van der Waals surface area contributed by atoms with E-state index in [1.165, 1.54) is 6.07 Å². The second-order valence-corrected chi connectivity index (χ2v) is 9.06. The molecule has 1 aliphatic carbocycles. The summed E-state index contributed by atoms with van der Waals surface area (Å²) < 4.78 is 14.8. The molecule has 146 valence electrons. The van der Waals surface area contributed by atoms with E-state index in [4.69, 9.17) is 11.6 Å². The van der Waals surface area contributed by atoms with Gasteiger partial charge in [-0.2, -0.15) is 0 Å². The molecule has 1 atom stereocenters. The molecule has 0 saturated heterocycles. The summed E-state index contributed by atoms with van der Waals surface area (Å²) in [6.07, 6.45) is 1.14. The smallest absolute Gasteiger partial charge is 0.163 e. The first kappa shape index (κ1) is 19.0. The number of hydrogen-bond acceptors (Lipinski definition) is 3. The maximum atomic E-state index is 14.8. The van der Waals surface area contributed by atoms with E-state index in [0.29, 0.717) is 29.0 Å². The molecule has 0 fully saturated rings. The van der Waals surface area contributed by atoms with Crippen LogP contribution in [0, 0.1) is 25.1 Å². The van der Waals surface area contributed by atoms with Gasteiger partial charge >= 0.3 is 0 Å². The maximum Gasteiger partial charge on any atom is 0.163 e. The lowest BCUT2D eigenvalue weighted by Gasteiger charge is -2.34. The number of aryl methyl sites for hydroxylation is 2. The van der Waals surface area contributed by atoms with Gasteiger partial charge in [-0.1, -0.05) is 31.5 Å². The lowest BCUT2D eigenvalue weighted by atomic mass is 9.73. The molecule has 0 spiro atoms. The van der Waals surface area contributed by atoms with Gasteiger partial charge in [-0.05, 0) is 61.1 Å². The topological polar surface area (TPSA) is 41.1 Å². The zero-order chi connectivity index (χ0) is 20.2. The SMILES string of the molecule is Cc1cc2c(cc1C)N[C@@H](c1c(F)cccc1Cl)C1=C(CC(C)(C)CC1=O)N2. The van der Waals surface area contributed by atoms with Gasteiger partial charge in [0.2, 0.25) is 0 Å². The molecule has 2 aromatic rings. The van der Waals surface area contributed by atoms with Gasteiger partial charge in [-0.15, -0.1) is 0 Å². The highest BCUT2D eigenvalue weighted by molar-refractivity contribution is 6.31. The summed E-state index contributed by atoms with van der Waals surface area (Å²) in [5.41, 5.74) is 5.60. The summed E-state index contributed by atoms with van der Waals surface area (Å²) in [4.78, 5) is 13.2. The molecule has 2 N–H and O–H groups in total. The number of carbonyl (C=O) groups is 1. The number of carbonyl (C=O) groups excluding carboxylic acids is 1. The summed E-state index contributed by atoms with van der Waals surface area (Å²) in [5.74, 6) is -0.390. The Labute approximate surface area is 170 Å². The normalized spacial score (nSPS) is 20.6. The lowest BCUT2D eigenvalue weighted by Crippen LogP contribution is -2.31. The first-order valence-electron chi connectivity index (χ1n) is 9.51. The third-order valence-corrected chi connectivity index (χ3v) is 6.05. The van der Waals surface area contributed by atoms with E-state index < -0.39 is 11.9 Å². The van der Waals surface area contributed by atoms with Gasteiger partial charge in [0.25, 0.3) is 0 Å². The molecule has 3 nitrogen and oxygen atoms in total. The zero-order valence-electron chi connectivity index (χ0n) is 16.5. The van der Waals surface area contributed by atoms with Crippen LogP contribution in [0.1, 0.15) is 49.4 Å². The lowest BCUT2D eigenvalue weighted by molar-refractivity contribution is -0.118. The summed E-state index contributed by atoms with van der Waals surface area (Å²) in [5, 5.41) is 7.22.